The summed E-state index contributed by atoms with van der Waals surface area (Å²) in [7, 11) is 0. The van der Waals surface area contributed by atoms with Crippen molar-refractivity contribution in [3.8, 4) is 0 Å². The van der Waals surface area contributed by atoms with Crippen LogP contribution in [0.1, 0.15) is 18.5 Å². The van der Waals surface area contributed by atoms with Gasteiger partial charge in [-0.1, -0.05) is 23.2 Å². The Morgan fingerprint density at radius 3 is 1.80 bits per heavy atom. The first-order chi connectivity index (χ1) is 9.36. The van der Waals surface area contributed by atoms with Crippen LogP contribution >= 0.6 is 23.2 Å². The van der Waals surface area contributed by atoms with Crippen LogP contribution in [0, 0.1) is 17.5 Å². The van der Waals surface area contributed by atoms with Crippen LogP contribution in [0.2, 0.25) is 10.0 Å². The molecule has 0 saturated carbocycles. The van der Waals surface area contributed by atoms with E-state index in [0.717, 1.165) is 18.2 Å². The van der Waals surface area contributed by atoms with Crippen molar-refractivity contribution in [3.63, 3.8) is 0 Å². The predicted octanol–water partition coefficient (Wildman–Crippen LogP) is 5.58. The van der Waals surface area contributed by atoms with E-state index < -0.39 is 23.5 Å². The Morgan fingerprint density at radius 1 is 0.850 bits per heavy atom. The molecule has 0 aliphatic carbocycles. The zero-order chi connectivity index (χ0) is 14.9. The Morgan fingerprint density at radius 2 is 1.30 bits per heavy atom. The van der Waals surface area contributed by atoms with Crippen LogP contribution in [0.4, 0.5) is 18.9 Å². The van der Waals surface area contributed by atoms with Gasteiger partial charge in [-0.25, -0.2) is 13.2 Å². The molecule has 0 bridgehead atoms. The van der Waals surface area contributed by atoms with Crippen molar-refractivity contribution in [1.82, 2.24) is 0 Å². The van der Waals surface area contributed by atoms with Crippen molar-refractivity contribution in [2.24, 2.45) is 0 Å². The van der Waals surface area contributed by atoms with Gasteiger partial charge in [-0.3, -0.25) is 0 Å². The number of rotatable bonds is 3. The zero-order valence-corrected chi connectivity index (χ0v) is 11.9. The van der Waals surface area contributed by atoms with Crippen LogP contribution in [0.25, 0.3) is 0 Å². The van der Waals surface area contributed by atoms with E-state index >= 15 is 0 Å². The molecule has 1 atom stereocenters. The standard InChI is InChI=1S/C14H10Cl2F3N/c1-7(8-2-9(17)4-10(18)3-8)20-14-12(15)5-11(19)6-13(14)16/h2-7,20H,1H3. The van der Waals surface area contributed by atoms with Gasteiger partial charge in [0, 0.05) is 12.1 Å². The normalized spacial score (nSPS) is 12.3. The molecule has 20 heavy (non-hydrogen) atoms. The number of benzene rings is 2. The third-order valence-corrected chi connectivity index (χ3v) is 3.35. The second-order valence-electron chi connectivity index (χ2n) is 4.31. The van der Waals surface area contributed by atoms with E-state index in [1.54, 1.807) is 6.92 Å². The summed E-state index contributed by atoms with van der Waals surface area (Å²) < 4.78 is 39.4. The molecule has 0 fully saturated rings. The molecule has 1 unspecified atom stereocenters. The van der Waals surface area contributed by atoms with Gasteiger partial charge in [-0.2, -0.15) is 0 Å². The summed E-state index contributed by atoms with van der Waals surface area (Å²) in [4.78, 5) is 0. The van der Waals surface area contributed by atoms with Gasteiger partial charge < -0.3 is 5.32 Å². The summed E-state index contributed by atoms with van der Waals surface area (Å²) in [6, 6.07) is 4.94. The molecular weight excluding hydrogens is 310 g/mol. The van der Waals surface area contributed by atoms with Crippen molar-refractivity contribution in [3.05, 3.63) is 63.4 Å². The Balaban J connectivity index is 2.30. The van der Waals surface area contributed by atoms with Gasteiger partial charge in [0.2, 0.25) is 0 Å². The lowest BCUT2D eigenvalue weighted by Gasteiger charge is -2.18. The molecule has 1 N–H and O–H groups in total. The first-order valence-corrected chi connectivity index (χ1v) is 6.49. The molecule has 0 heterocycles. The van der Waals surface area contributed by atoms with Crippen LogP contribution < -0.4 is 5.32 Å². The molecule has 6 heteroatoms. The quantitative estimate of drug-likeness (QED) is 0.778. The largest absolute Gasteiger partial charge is 0.376 e. The van der Waals surface area contributed by atoms with Gasteiger partial charge >= 0.3 is 0 Å². The molecule has 1 nitrogen and oxygen atoms in total. The molecule has 106 valence electrons. The minimum atomic E-state index is -0.676. The topological polar surface area (TPSA) is 12.0 Å². The Bertz CT molecular complexity index is 603. The molecular formula is C14H10Cl2F3N. The van der Waals surface area contributed by atoms with Gasteiger partial charge in [0.15, 0.2) is 0 Å². The summed E-state index contributed by atoms with van der Waals surface area (Å²) in [6.07, 6.45) is 0. The smallest absolute Gasteiger partial charge is 0.126 e. The van der Waals surface area contributed by atoms with E-state index in [-0.39, 0.29) is 10.0 Å². The fourth-order valence-electron chi connectivity index (χ4n) is 1.81. The summed E-state index contributed by atoms with van der Waals surface area (Å²) in [5, 5.41) is 3.10. The molecule has 2 aromatic carbocycles. The van der Waals surface area contributed by atoms with Crippen LogP contribution in [0.3, 0.4) is 0 Å². The second kappa shape index (κ2) is 5.94. The summed E-state index contributed by atoms with van der Waals surface area (Å²) in [6.45, 7) is 1.68. The van der Waals surface area contributed by atoms with Crippen LogP contribution in [-0.4, -0.2) is 0 Å². The first kappa shape index (κ1) is 15.0. The van der Waals surface area contributed by atoms with Crippen molar-refractivity contribution < 1.29 is 13.2 Å². The molecule has 0 aromatic heterocycles. The van der Waals surface area contributed by atoms with Crippen molar-refractivity contribution in [2.45, 2.75) is 13.0 Å². The molecule has 0 spiro atoms. The zero-order valence-electron chi connectivity index (χ0n) is 10.4. The third kappa shape index (κ3) is 3.38. The lowest BCUT2D eigenvalue weighted by molar-refractivity contribution is 0.577. The Hall–Kier alpha value is -1.39. The molecule has 0 aliphatic heterocycles. The maximum absolute atomic E-state index is 13.2. The van der Waals surface area contributed by atoms with Crippen LogP contribution in [0.15, 0.2) is 30.3 Å². The number of anilines is 1. The van der Waals surface area contributed by atoms with E-state index in [4.69, 9.17) is 23.2 Å². The average Bonchev–Trinajstić information content (AvgIpc) is 2.32. The fourth-order valence-corrected chi connectivity index (χ4v) is 2.37. The van der Waals surface area contributed by atoms with Gasteiger partial charge in [0.1, 0.15) is 17.5 Å². The number of nitrogens with one attached hydrogen (secondary N) is 1. The SMILES string of the molecule is CC(Nc1c(Cl)cc(F)cc1Cl)c1cc(F)cc(F)c1. The number of hydrogen-bond donors (Lipinski definition) is 1. The minimum absolute atomic E-state index is 0.0960. The molecule has 0 radical (unpaired) electrons. The van der Waals surface area contributed by atoms with Crippen molar-refractivity contribution in [1.29, 1.82) is 0 Å². The van der Waals surface area contributed by atoms with E-state index in [1.165, 1.54) is 12.1 Å². The second-order valence-corrected chi connectivity index (χ2v) is 5.13. The molecule has 2 rings (SSSR count). The van der Waals surface area contributed by atoms with Crippen LogP contribution in [0.5, 0.6) is 0 Å². The van der Waals surface area contributed by atoms with E-state index in [1.807, 2.05) is 0 Å². The highest BCUT2D eigenvalue weighted by molar-refractivity contribution is 6.39. The third-order valence-electron chi connectivity index (χ3n) is 2.75. The summed E-state index contributed by atoms with van der Waals surface area (Å²) in [5.41, 5.74) is 0.700. The number of halogens is 5. The van der Waals surface area contributed by atoms with Gasteiger partial charge in [0.05, 0.1) is 15.7 Å². The maximum Gasteiger partial charge on any atom is 0.126 e. The maximum atomic E-state index is 13.2. The minimum Gasteiger partial charge on any atom is -0.376 e. The predicted molar refractivity (Wildman–Crippen MR) is 74.8 cm³/mol. The monoisotopic (exact) mass is 319 g/mol. The Kier molecular flexibility index (Phi) is 4.45. The molecule has 0 aliphatic rings. The lowest BCUT2D eigenvalue weighted by atomic mass is 10.1. The van der Waals surface area contributed by atoms with Crippen molar-refractivity contribution in [2.75, 3.05) is 5.32 Å². The summed E-state index contributed by atoms with van der Waals surface area (Å²) >= 11 is 11.8. The van der Waals surface area contributed by atoms with E-state index in [2.05, 4.69) is 5.32 Å². The first-order valence-electron chi connectivity index (χ1n) is 5.74. The van der Waals surface area contributed by atoms with E-state index in [9.17, 15) is 13.2 Å². The van der Waals surface area contributed by atoms with Gasteiger partial charge in [-0.05, 0) is 36.8 Å². The molecule has 0 amide bonds. The van der Waals surface area contributed by atoms with Gasteiger partial charge in [-0.15, -0.1) is 0 Å². The molecule has 0 saturated heterocycles. The fraction of sp³-hybridized carbons (Fsp3) is 0.143. The number of hydrogen-bond acceptors (Lipinski definition) is 1. The van der Waals surface area contributed by atoms with Gasteiger partial charge in [0.25, 0.3) is 0 Å². The average molecular weight is 320 g/mol. The van der Waals surface area contributed by atoms with Crippen molar-refractivity contribution >= 4 is 28.9 Å². The molecule has 2 aromatic rings. The highest BCUT2D eigenvalue weighted by Crippen LogP contribution is 2.34. The summed E-state index contributed by atoms with van der Waals surface area (Å²) in [5.74, 6) is -1.91. The van der Waals surface area contributed by atoms with E-state index in [0.29, 0.717) is 11.3 Å². The Labute approximate surface area is 124 Å². The van der Waals surface area contributed by atoms with Crippen LogP contribution in [-0.2, 0) is 0 Å². The highest BCUT2D eigenvalue weighted by Gasteiger charge is 2.14. The lowest BCUT2D eigenvalue weighted by Crippen LogP contribution is -2.08. The highest BCUT2D eigenvalue weighted by atomic mass is 35.5.